The number of benzene rings is 1. The maximum Gasteiger partial charge on any atom is 0.407 e. The van der Waals surface area contributed by atoms with Crippen LogP contribution < -0.4 is 10.2 Å². The van der Waals surface area contributed by atoms with Crippen LogP contribution in [0, 0.1) is 12.7 Å². The SMILES string of the molecule is COC(=O)c1cnc(N2C[C@H](NC(=O)OC(C)(C)C)[C@@H](c3cc(C)ccc3F)C2)nc1. The third-order valence-electron chi connectivity index (χ3n) is 4.92. The first kappa shape index (κ1) is 22.5. The Hall–Kier alpha value is -3.23. The molecule has 3 rings (SSSR count). The molecule has 2 atom stereocenters. The average molecular weight is 430 g/mol. The lowest BCUT2D eigenvalue weighted by molar-refractivity contribution is 0.0503. The van der Waals surface area contributed by atoms with Crippen molar-refractivity contribution in [2.24, 2.45) is 0 Å². The van der Waals surface area contributed by atoms with Crippen LogP contribution in [0.1, 0.15) is 48.2 Å². The largest absolute Gasteiger partial charge is 0.465 e. The zero-order valence-corrected chi connectivity index (χ0v) is 18.3. The standard InChI is InChI=1S/C22H27FN4O4/c1-13-6-7-17(23)15(8-13)16-11-27(12-18(16)26-21(29)31-22(2,3)4)20-24-9-14(10-25-20)19(28)30-5/h6-10,16,18H,11-12H2,1-5H3,(H,26,29)/t16-,18+/m1/s1. The van der Waals surface area contributed by atoms with E-state index in [9.17, 15) is 14.0 Å². The first-order valence-electron chi connectivity index (χ1n) is 9.98. The molecule has 1 amide bonds. The van der Waals surface area contributed by atoms with Crippen molar-refractivity contribution in [2.75, 3.05) is 25.1 Å². The van der Waals surface area contributed by atoms with Crippen molar-refractivity contribution in [2.45, 2.75) is 45.3 Å². The Bertz CT molecular complexity index is 959. The molecule has 0 radical (unpaired) electrons. The van der Waals surface area contributed by atoms with E-state index in [0.717, 1.165) is 5.56 Å². The van der Waals surface area contributed by atoms with Crippen LogP contribution in [0.3, 0.4) is 0 Å². The summed E-state index contributed by atoms with van der Waals surface area (Å²) in [7, 11) is 1.28. The van der Waals surface area contributed by atoms with Crippen LogP contribution in [0.5, 0.6) is 0 Å². The zero-order chi connectivity index (χ0) is 22.8. The van der Waals surface area contributed by atoms with E-state index in [1.807, 2.05) is 11.8 Å². The van der Waals surface area contributed by atoms with Crippen molar-refractivity contribution < 1.29 is 23.5 Å². The fourth-order valence-corrected chi connectivity index (χ4v) is 3.54. The molecule has 0 aliphatic carbocycles. The van der Waals surface area contributed by atoms with Crippen molar-refractivity contribution in [1.29, 1.82) is 0 Å². The number of alkyl carbamates (subject to hydrolysis) is 1. The minimum absolute atomic E-state index is 0.232. The van der Waals surface area contributed by atoms with Crippen molar-refractivity contribution in [3.63, 3.8) is 0 Å². The molecule has 31 heavy (non-hydrogen) atoms. The highest BCUT2D eigenvalue weighted by atomic mass is 19.1. The van der Waals surface area contributed by atoms with Crippen LogP contribution in [0.2, 0.25) is 0 Å². The number of halogens is 1. The molecule has 8 nitrogen and oxygen atoms in total. The number of nitrogens with one attached hydrogen (secondary N) is 1. The summed E-state index contributed by atoms with van der Waals surface area (Å²) >= 11 is 0. The smallest absolute Gasteiger partial charge is 0.407 e. The maximum absolute atomic E-state index is 14.7. The average Bonchev–Trinajstić information content (AvgIpc) is 3.11. The maximum atomic E-state index is 14.7. The van der Waals surface area contributed by atoms with Gasteiger partial charge in [-0.15, -0.1) is 0 Å². The number of hydrogen-bond donors (Lipinski definition) is 1. The Balaban J connectivity index is 1.86. The van der Waals surface area contributed by atoms with E-state index in [-0.39, 0.29) is 17.3 Å². The number of aryl methyl sites for hydroxylation is 1. The van der Waals surface area contributed by atoms with Crippen LogP contribution in [0.4, 0.5) is 15.1 Å². The van der Waals surface area contributed by atoms with Gasteiger partial charge >= 0.3 is 12.1 Å². The Kier molecular flexibility index (Phi) is 6.42. The van der Waals surface area contributed by atoms with Gasteiger partial charge in [0.1, 0.15) is 11.4 Å². The molecule has 1 fully saturated rings. The summed E-state index contributed by atoms with van der Waals surface area (Å²) in [5.41, 5.74) is 1.01. The summed E-state index contributed by atoms with van der Waals surface area (Å²) in [6.45, 7) is 7.97. The fraction of sp³-hybridized carbons (Fsp3) is 0.455. The first-order valence-corrected chi connectivity index (χ1v) is 9.98. The van der Waals surface area contributed by atoms with Gasteiger partial charge in [0.05, 0.1) is 18.7 Å². The van der Waals surface area contributed by atoms with Crippen LogP contribution in [0.15, 0.2) is 30.6 Å². The van der Waals surface area contributed by atoms with Crippen LogP contribution in [0.25, 0.3) is 0 Å². The quantitative estimate of drug-likeness (QED) is 0.745. The molecule has 1 aromatic heterocycles. The summed E-state index contributed by atoms with van der Waals surface area (Å²) in [5.74, 6) is -0.831. The van der Waals surface area contributed by atoms with Crippen molar-refractivity contribution in [3.8, 4) is 0 Å². The van der Waals surface area contributed by atoms with Crippen molar-refractivity contribution >= 4 is 18.0 Å². The molecule has 2 aromatic rings. The minimum atomic E-state index is -0.653. The van der Waals surface area contributed by atoms with Gasteiger partial charge in [-0.1, -0.05) is 17.7 Å². The number of anilines is 1. The lowest BCUT2D eigenvalue weighted by atomic mass is 9.92. The molecule has 1 aromatic carbocycles. The highest BCUT2D eigenvalue weighted by Crippen LogP contribution is 2.32. The van der Waals surface area contributed by atoms with Gasteiger partial charge in [0.2, 0.25) is 5.95 Å². The number of carbonyl (C=O) groups excluding carboxylic acids is 2. The highest BCUT2D eigenvalue weighted by molar-refractivity contribution is 5.88. The second-order valence-electron chi connectivity index (χ2n) is 8.55. The molecular formula is C22H27FN4O4. The molecule has 1 saturated heterocycles. The number of methoxy groups -OCH3 is 1. The Labute approximate surface area is 180 Å². The molecule has 9 heteroatoms. The van der Waals surface area contributed by atoms with E-state index in [1.165, 1.54) is 25.6 Å². The lowest BCUT2D eigenvalue weighted by Crippen LogP contribution is -2.43. The number of nitrogens with zero attached hydrogens (tertiary/aromatic N) is 3. The van der Waals surface area contributed by atoms with Gasteiger partial charge in [-0.25, -0.2) is 23.9 Å². The van der Waals surface area contributed by atoms with Gasteiger partial charge in [-0.05, 0) is 39.3 Å². The molecule has 0 spiro atoms. The molecule has 1 aliphatic rings. The van der Waals surface area contributed by atoms with E-state index in [1.54, 1.807) is 32.9 Å². The Morgan fingerprint density at radius 3 is 2.48 bits per heavy atom. The van der Waals surface area contributed by atoms with Gasteiger partial charge in [-0.2, -0.15) is 0 Å². The molecule has 0 unspecified atom stereocenters. The van der Waals surface area contributed by atoms with Crippen LogP contribution >= 0.6 is 0 Å². The van der Waals surface area contributed by atoms with Gasteiger partial charge in [0, 0.05) is 31.4 Å². The molecule has 166 valence electrons. The predicted molar refractivity (Wildman–Crippen MR) is 113 cm³/mol. The third-order valence-corrected chi connectivity index (χ3v) is 4.92. The van der Waals surface area contributed by atoms with Gasteiger partial charge in [0.25, 0.3) is 0 Å². The van der Waals surface area contributed by atoms with Crippen molar-refractivity contribution in [1.82, 2.24) is 15.3 Å². The number of hydrogen-bond acceptors (Lipinski definition) is 7. The van der Waals surface area contributed by atoms with E-state index < -0.39 is 23.7 Å². The number of ether oxygens (including phenoxy) is 2. The predicted octanol–water partition coefficient (Wildman–Crippen LogP) is 3.21. The lowest BCUT2D eigenvalue weighted by Gasteiger charge is -2.24. The summed E-state index contributed by atoms with van der Waals surface area (Å²) in [6.07, 6.45) is 2.19. The topological polar surface area (TPSA) is 93.7 Å². The highest BCUT2D eigenvalue weighted by Gasteiger charge is 2.38. The van der Waals surface area contributed by atoms with E-state index in [2.05, 4.69) is 20.0 Å². The number of aromatic nitrogens is 2. The second kappa shape index (κ2) is 8.87. The van der Waals surface area contributed by atoms with E-state index in [4.69, 9.17) is 4.74 Å². The van der Waals surface area contributed by atoms with Gasteiger partial charge < -0.3 is 19.7 Å². The van der Waals surface area contributed by atoms with Gasteiger partial charge in [0.15, 0.2) is 0 Å². The monoisotopic (exact) mass is 430 g/mol. The number of carbonyl (C=O) groups is 2. The Morgan fingerprint density at radius 2 is 1.87 bits per heavy atom. The molecule has 1 N–H and O–H groups in total. The Morgan fingerprint density at radius 1 is 1.19 bits per heavy atom. The summed E-state index contributed by atoms with van der Waals surface area (Å²) < 4.78 is 24.7. The van der Waals surface area contributed by atoms with Gasteiger partial charge in [-0.3, -0.25) is 0 Å². The second-order valence-corrected chi connectivity index (χ2v) is 8.55. The van der Waals surface area contributed by atoms with Crippen molar-refractivity contribution in [3.05, 3.63) is 53.1 Å². The molecule has 1 aliphatic heterocycles. The number of rotatable bonds is 4. The third kappa shape index (κ3) is 5.48. The fourth-order valence-electron chi connectivity index (χ4n) is 3.54. The summed E-state index contributed by atoms with van der Waals surface area (Å²) in [6, 6.07) is 4.50. The normalized spacial score (nSPS) is 18.6. The number of esters is 1. The number of amides is 1. The van der Waals surface area contributed by atoms with E-state index >= 15 is 0 Å². The molecule has 0 saturated carbocycles. The van der Waals surface area contributed by atoms with E-state index in [0.29, 0.717) is 24.6 Å². The summed E-state index contributed by atoms with van der Waals surface area (Å²) in [4.78, 5) is 34.4. The summed E-state index contributed by atoms with van der Waals surface area (Å²) in [5, 5.41) is 2.87. The zero-order valence-electron chi connectivity index (χ0n) is 18.3. The van der Waals surface area contributed by atoms with Crippen LogP contribution in [-0.4, -0.2) is 53.9 Å². The molecular weight excluding hydrogens is 403 g/mol. The molecule has 2 heterocycles. The minimum Gasteiger partial charge on any atom is -0.465 e. The first-order chi connectivity index (χ1) is 14.6. The molecule has 0 bridgehead atoms. The van der Waals surface area contributed by atoms with Crippen LogP contribution in [-0.2, 0) is 9.47 Å².